The molecule has 0 saturated heterocycles. The van der Waals surface area contributed by atoms with Crippen LogP contribution in [0, 0.1) is 0 Å². The number of aliphatic hydroxyl groups is 1. The van der Waals surface area contributed by atoms with E-state index in [1.54, 1.807) is 0 Å². The monoisotopic (exact) mass is 150 g/mol. The van der Waals surface area contributed by atoms with Crippen molar-refractivity contribution in [2.75, 3.05) is 12.0 Å². The first-order valence-corrected chi connectivity index (χ1v) is 3.97. The zero-order valence-electron chi connectivity index (χ0n) is 5.20. The standard InChI is InChI=1S/C5H10O3S/c1-9-3-2-4(6)5(7)8/h4,6H,2-3H2,1H3,(H,7,8)/t4-/m0/s1. The summed E-state index contributed by atoms with van der Waals surface area (Å²) in [5, 5.41) is 16.8. The summed E-state index contributed by atoms with van der Waals surface area (Å²) in [7, 11) is 0. The second kappa shape index (κ2) is 4.64. The summed E-state index contributed by atoms with van der Waals surface area (Å²) in [6.45, 7) is 0. The maximum atomic E-state index is 9.95. The third kappa shape index (κ3) is 4.29. The fourth-order valence-corrected chi connectivity index (χ4v) is 0.812. The van der Waals surface area contributed by atoms with Gasteiger partial charge in [0.05, 0.1) is 0 Å². The minimum Gasteiger partial charge on any atom is -0.479 e. The molecule has 0 bridgehead atoms. The van der Waals surface area contributed by atoms with Gasteiger partial charge >= 0.3 is 5.97 Å². The summed E-state index contributed by atoms with van der Waals surface area (Å²) < 4.78 is 0. The summed E-state index contributed by atoms with van der Waals surface area (Å²) in [6, 6.07) is 0. The molecule has 0 spiro atoms. The molecule has 0 aromatic rings. The molecule has 9 heavy (non-hydrogen) atoms. The number of aliphatic carboxylic acids is 1. The van der Waals surface area contributed by atoms with Gasteiger partial charge in [-0.1, -0.05) is 0 Å². The van der Waals surface area contributed by atoms with Gasteiger partial charge in [-0.15, -0.1) is 0 Å². The van der Waals surface area contributed by atoms with Crippen molar-refractivity contribution in [1.82, 2.24) is 0 Å². The van der Waals surface area contributed by atoms with E-state index < -0.39 is 12.1 Å². The lowest BCUT2D eigenvalue weighted by Crippen LogP contribution is -2.19. The predicted octanol–water partition coefficient (Wildman–Crippen LogP) is 0.185. The van der Waals surface area contributed by atoms with E-state index in [1.807, 2.05) is 6.26 Å². The van der Waals surface area contributed by atoms with Crippen molar-refractivity contribution in [2.24, 2.45) is 0 Å². The summed E-state index contributed by atoms with van der Waals surface area (Å²) in [5.74, 6) is -0.447. The highest BCUT2D eigenvalue weighted by atomic mass is 32.2. The molecule has 0 saturated carbocycles. The number of hydrogen-bond acceptors (Lipinski definition) is 3. The van der Waals surface area contributed by atoms with E-state index in [0.29, 0.717) is 12.2 Å². The zero-order valence-corrected chi connectivity index (χ0v) is 6.02. The Bertz CT molecular complexity index is 94.2. The van der Waals surface area contributed by atoms with Gasteiger partial charge in [-0.05, 0) is 18.4 Å². The van der Waals surface area contributed by atoms with Crippen LogP contribution in [0.15, 0.2) is 0 Å². The Morgan fingerprint density at radius 3 is 2.67 bits per heavy atom. The Labute approximate surface area is 58.1 Å². The predicted molar refractivity (Wildman–Crippen MR) is 36.6 cm³/mol. The number of rotatable bonds is 4. The fourth-order valence-electron chi connectivity index (χ4n) is 0.353. The average molecular weight is 150 g/mol. The molecular weight excluding hydrogens is 140 g/mol. The van der Waals surface area contributed by atoms with Gasteiger partial charge in [-0.2, -0.15) is 11.8 Å². The van der Waals surface area contributed by atoms with E-state index in [2.05, 4.69) is 0 Å². The van der Waals surface area contributed by atoms with Crippen molar-refractivity contribution >= 4 is 17.7 Å². The Hall–Kier alpha value is -0.220. The molecule has 54 valence electrons. The first-order valence-electron chi connectivity index (χ1n) is 2.58. The highest BCUT2D eigenvalue weighted by Gasteiger charge is 2.10. The van der Waals surface area contributed by atoms with Gasteiger partial charge in [0, 0.05) is 0 Å². The molecule has 1 atom stereocenters. The largest absolute Gasteiger partial charge is 0.479 e. The van der Waals surface area contributed by atoms with Crippen LogP contribution in [0.2, 0.25) is 0 Å². The van der Waals surface area contributed by atoms with Gasteiger partial charge in [0.2, 0.25) is 0 Å². The normalized spacial score (nSPS) is 13.1. The first-order chi connectivity index (χ1) is 4.18. The molecule has 0 fully saturated rings. The lowest BCUT2D eigenvalue weighted by molar-refractivity contribution is -0.146. The van der Waals surface area contributed by atoms with Crippen LogP contribution in [0.5, 0.6) is 0 Å². The highest BCUT2D eigenvalue weighted by molar-refractivity contribution is 7.98. The molecule has 0 aliphatic rings. The van der Waals surface area contributed by atoms with Crippen molar-refractivity contribution in [3.8, 4) is 0 Å². The molecule has 0 unspecified atom stereocenters. The van der Waals surface area contributed by atoms with E-state index >= 15 is 0 Å². The molecule has 0 aliphatic carbocycles. The number of carboxylic acids is 1. The molecule has 0 radical (unpaired) electrons. The van der Waals surface area contributed by atoms with Crippen LogP contribution < -0.4 is 0 Å². The highest BCUT2D eigenvalue weighted by Crippen LogP contribution is 1.99. The number of hydrogen-bond donors (Lipinski definition) is 2. The first kappa shape index (κ1) is 8.78. The molecule has 0 aliphatic heterocycles. The molecule has 2 N–H and O–H groups in total. The quantitative estimate of drug-likeness (QED) is 0.600. The van der Waals surface area contributed by atoms with Crippen LogP contribution in [0.4, 0.5) is 0 Å². The van der Waals surface area contributed by atoms with Crippen molar-refractivity contribution in [1.29, 1.82) is 0 Å². The summed E-state index contributed by atoms with van der Waals surface area (Å²) in [5.41, 5.74) is 0. The van der Waals surface area contributed by atoms with Crippen LogP contribution in [0.1, 0.15) is 6.42 Å². The molecule has 0 aromatic carbocycles. The molecule has 0 aromatic heterocycles. The Kier molecular flexibility index (Phi) is 4.53. The van der Waals surface area contributed by atoms with Gasteiger partial charge in [-0.3, -0.25) is 0 Å². The minimum absolute atomic E-state index is 0.330. The van der Waals surface area contributed by atoms with Crippen LogP contribution in [-0.4, -0.2) is 34.3 Å². The zero-order chi connectivity index (χ0) is 7.28. The molecule has 0 amide bonds. The molecule has 0 rings (SSSR count). The van der Waals surface area contributed by atoms with Crippen LogP contribution in [-0.2, 0) is 4.79 Å². The van der Waals surface area contributed by atoms with Crippen LogP contribution in [0.25, 0.3) is 0 Å². The SMILES string of the molecule is CSCC[C@H](O)C(=O)O. The van der Waals surface area contributed by atoms with Crippen LogP contribution >= 0.6 is 11.8 Å². The van der Waals surface area contributed by atoms with Gasteiger partial charge in [0.25, 0.3) is 0 Å². The average Bonchev–Trinajstić information content (AvgIpc) is 1.82. The second-order valence-corrected chi connectivity index (χ2v) is 2.62. The number of aliphatic hydroxyl groups excluding tert-OH is 1. The topological polar surface area (TPSA) is 57.5 Å². The van der Waals surface area contributed by atoms with E-state index in [1.165, 1.54) is 11.8 Å². The molecule has 3 nitrogen and oxygen atoms in total. The molecule has 0 heterocycles. The van der Waals surface area contributed by atoms with Gasteiger partial charge in [0.1, 0.15) is 0 Å². The smallest absolute Gasteiger partial charge is 0.332 e. The second-order valence-electron chi connectivity index (χ2n) is 1.64. The van der Waals surface area contributed by atoms with Crippen molar-refractivity contribution < 1.29 is 15.0 Å². The number of thioether (sulfide) groups is 1. The third-order valence-electron chi connectivity index (χ3n) is 0.880. The fraction of sp³-hybridized carbons (Fsp3) is 0.800. The number of carboxylic acid groups (broad SMARTS) is 1. The Balaban J connectivity index is 3.27. The van der Waals surface area contributed by atoms with Gasteiger partial charge in [0.15, 0.2) is 6.10 Å². The van der Waals surface area contributed by atoms with E-state index in [0.717, 1.165) is 0 Å². The van der Waals surface area contributed by atoms with E-state index in [4.69, 9.17) is 10.2 Å². The molecule has 4 heteroatoms. The van der Waals surface area contributed by atoms with E-state index in [-0.39, 0.29) is 0 Å². The van der Waals surface area contributed by atoms with Crippen LogP contribution in [0.3, 0.4) is 0 Å². The third-order valence-corrected chi connectivity index (χ3v) is 1.52. The van der Waals surface area contributed by atoms with E-state index in [9.17, 15) is 4.79 Å². The number of carbonyl (C=O) groups is 1. The maximum absolute atomic E-state index is 9.95. The van der Waals surface area contributed by atoms with Gasteiger partial charge in [-0.25, -0.2) is 4.79 Å². The van der Waals surface area contributed by atoms with Crippen molar-refractivity contribution in [3.05, 3.63) is 0 Å². The summed E-state index contributed by atoms with van der Waals surface area (Å²) in [4.78, 5) is 9.95. The molecular formula is C5H10O3S. The minimum atomic E-state index is -1.18. The Morgan fingerprint density at radius 1 is 1.78 bits per heavy atom. The summed E-state index contributed by atoms with van der Waals surface area (Å²) in [6.07, 6.45) is 1.02. The lowest BCUT2D eigenvalue weighted by Gasteiger charge is -2.01. The Morgan fingerprint density at radius 2 is 2.33 bits per heavy atom. The van der Waals surface area contributed by atoms with Crippen molar-refractivity contribution in [2.45, 2.75) is 12.5 Å². The van der Waals surface area contributed by atoms with Crippen molar-refractivity contribution in [3.63, 3.8) is 0 Å². The van der Waals surface area contributed by atoms with Gasteiger partial charge < -0.3 is 10.2 Å². The summed E-state index contributed by atoms with van der Waals surface area (Å²) >= 11 is 1.52. The maximum Gasteiger partial charge on any atom is 0.332 e. The lowest BCUT2D eigenvalue weighted by atomic mass is 10.3.